The van der Waals surface area contributed by atoms with E-state index in [0.29, 0.717) is 12.1 Å². The number of benzene rings is 1. The van der Waals surface area contributed by atoms with Crippen molar-refractivity contribution in [3.63, 3.8) is 0 Å². The van der Waals surface area contributed by atoms with Gasteiger partial charge in [-0.3, -0.25) is 4.98 Å². The van der Waals surface area contributed by atoms with Gasteiger partial charge in [-0.15, -0.1) is 0 Å². The van der Waals surface area contributed by atoms with Crippen molar-refractivity contribution in [1.82, 2.24) is 4.98 Å². The number of hydrogen-bond acceptors (Lipinski definition) is 3. The number of pyridine rings is 1. The van der Waals surface area contributed by atoms with Gasteiger partial charge in [0, 0.05) is 24.2 Å². The molecule has 0 bridgehead atoms. The van der Waals surface area contributed by atoms with Gasteiger partial charge in [0.25, 0.3) is 0 Å². The summed E-state index contributed by atoms with van der Waals surface area (Å²) >= 11 is 0. The molecule has 0 amide bonds. The zero-order valence-corrected chi connectivity index (χ0v) is 12.2. The predicted octanol–water partition coefficient (Wildman–Crippen LogP) is 3.91. The average Bonchev–Trinajstić information content (AvgIpc) is 2.48. The van der Waals surface area contributed by atoms with E-state index in [-0.39, 0.29) is 0 Å². The highest BCUT2D eigenvalue weighted by Gasteiger charge is 2.22. The molecule has 20 heavy (non-hydrogen) atoms. The standard InChI is InChI=1S/C17H22N2O/c1-12-9-10-13-5-3-8-16(17(13)18-12)19-14-6-4-7-15(11-14)20-2/h3,5,8-10,14-15,19H,4,6-7,11H2,1-2H3. The lowest BCUT2D eigenvalue weighted by atomic mass is 9.92. The van der Waals surface area contributed by atoms with Crippen LogP contribution in [0.1, 0.15) is 31.4 Å². The maximum atomic E-state index is 5.51. The SMILES string of the molecule is COC1CCCC(Nc2cccc3ccc(C)nc23)C1. The molecule has 0 radical (unpaired) electrons. The predicted molar refractivity (Wildman–Crippen MR) is 83.2 cm³/mol. The van der Waals surface area contributed by atoms with Gasteiger partial charge in [0.1, 0.15) is 0 Å². The van der Waals surface area contributed by atoms with E-state index in [4.69, 9.17) is 4.74 Å². The van der Waals surface area contributed by atoms with Gasteiger partial charge in [0.2, 0.25) is 0 Å². The third-order valence-electron chi connectivity index (χ3n) is 4.18. The molecule has 1 aromatic heterocycles. The summed E-state index contributed by atoms with van der Waals surface area (Å²) in [6.45, 7) is 2.04. The van der Waals surface area contributed by atoms with E-state index in [1.54, 1.807) is 0 Å². The van der Waals surface area contributed by atoms with Gasteiger partial charge in [-0.1, -0.05) is 18.2 Å². The van der Waals surface area contributed by atoms with Crippen LogP contribution < -0.4 is 5.32 Å². The summed E-state index contributed by atoms with van der Waals surface area (Å²) in [4.78, 5) is 4.69. The molecule has 2 atom stereocenters. The molecule has 1 fully saturated rings. The summed E-state index contributed by atoms with van der Waals surface area (Å²) < 4.78 is 5.51. The molecule has 0 aliphatic heterocycles. The molecule has 106 valence electrons. The number of aromatic nitrogens is 1. The maximum absolute atomic E-state index is 5.51. The molecule has 3 rings (SSSR count). The van der Waals surface area contributed by atoms with Crippen molar-refractivity contribution in [2.24, 2.45) is 0 Å². The topological polar surface area (TPSA) is 34.1 Å². The quantitative estimate of drug-likeness (QED) is 0.918. The number of rotatable bonds is 3. The normalized spacial score (nSPS) is 22.9. The van der Waals surface area contributed by atoms with E-state index in [0.717, 1.165) is 23.3 Å². The summed E-state index contributed by atoms with van der Waals surface area (Å²) in [5, 5.41) is 4.87. The van der Waals surface area contributed by atoms with Gasteiger partial charge < -0.3 is 10.1 Å². The van der Waals surface area contributed by atoms with Crippen molar-refractivity contribution < 1.29 is 4.74 Å². The summed E-state index contributed by atoms with van der Waals surface area (Å²) in [7, 11) is 1.82. The van der Waals surface area contributed by atoms with Crippen molar-refractivity contribution in [3.05, 3.63) is 36.0 Å². The number of anilines is 1. The molecule has 1 aromatic carbocycles. The summed E-state index contributed by atoms with van der Waals surface area (Å²) in [5.74, 6) is 0. The molecular formula is C17H22N2O. The minimum absolute atomic E-state index is 0.394. The zero-order valence-electron chi connectivity index (χ0n) is 12.2. The summed E-state index contributed by atoms with van der Waals surface area (Å²) in [5.41, 5.74) is 3.28. The van der Waals surface area contributed by atoms with Crippen molar-refractivity contribution in [1.29, 1.82) is 0 Å². The lowest BCUT2D eigenvalue weighted by molar-refractivity contribution is 0.0669. The van der Waals surface area contributed by atoms with Crippen LogP contribution in [-0.2, 0) is 4.74 Å². The molecule has 0 saturated heterocycles. The number of para-hydroxylation sites is 1. The number of methoxy groups -OCH3 is 1. The minimum Gasteiger partial charge on any atom is -0.381 e. The molecule has 1 saturated carbocycles. The first-order chi connectivity index (χ1) is 9.76. The van der Waals surface area contributed by atoms with Crippen LogP contribution in [-0.4, -0.2) is 24.2 Å². The van der Waals surface area contributed by atoms with E-state index in [1.807, 2.05) is 14.0 Å². The number of nitrogens with zero attached hydrogens (tertiary/aromatic N) is 1. The number of ether oxygens (including phenoxy) is 1. The average molecular weight is 270 g/mol. The Labute approximate surface area is 120 Å². The number of hydrogen-bond donors (Lipinski definition) is 1. The largest absolute Gasteiger partial charge is 0.381 e. The first-order valence-corrected chi connectivity index (χ1v) is 7.42. The lowest BCUT2D eigenvalue weighted by Gasteiger charge is -2.29. The molecular weight excluding hydrogens is 248 g/mol. The molecule has 1 aliphatic rings. The van der Waals surface area contributed by atoms with Crippen LogP contribution in [0, 0.1) is 6.92 Å². The van der Waals surface area contributed by atoms with Gasteiger partial charge >= 0.3 is 0 Å². The Morgan fingerprint density at radius 2 is 2.10 bits per heavy atom. The van der Waals surface area contributed by atoms with Gasteiger partial charge in [0.15, 0.2) is 0 Å². The monoisotopic (exact) mass is 270 g/mol. The van der Waals surface area contributed by atoms with Gasteiger partial charge in [0.05, 0.1) is 17.3 Å². The van der Waals surface area contributed by atoms with Crippen molar-refractivity contribution in [2.75, 3.05) is 12.4 Å². The third-order valence-corrected chi connectivity index (χ3v) is 4.18. The second kappa shape index (κ2) is 5.80. The Morgan fingerprint density at radius 1 is 1.20 bits per heavy atom. The summed E-state index contributed by atoms with van der Waals surface area (Å²) in [6.07, 6.45) is 5.10. The van der Waals surface area contributed by atoms with E-state index in [9.17, 15) is 0 Å². The van der Waals surface area contributed by atoms with E-state index < -0.39 is 0 Å². The number of nitrogens with one attached hydrogen (secondary N) is 1. The van der Waals surface area contributed by atoms with Gasteiger partial charge in [-0.25, -0.2) is 0 Å². The molecule has 3 heteroatoms. The van der Waals surface area contributed by atoms with Gasteiger partial charge in [-0.2, -0.15) is 0 Å². The molecule has 1 heterocycles. The Morgan fingerprint density at radius 3 is 2.95 bits per heavy atom. The molecule has 1 aliphatic carbocycles. The lowest BCUT2D eigenvalue weighted by Crippen LogP contribution is -2.31. The molecule has 2 aromatic rings. The highest BCUT2D eigenvalue weighted by atomic mass is 16.5. The smallest absolute Gasteiger partial charge is 0.0936 e. The van der Waals surface area contributed by atoms with Crippen LogP contribution in [0.5, 0.6) is 0 Å². The van der Waals surface area contributed by atoms with Crippen LogP contribution in [0.25, 0.3) is 10.9 Å². The van der Waals surface area contributed by atoms with E-state index in [2.05, 4.69) is 40.6 Å². The first kappa shape index (κ1) is 13.4. The molecule has 3 nitrogen and oxygen atoms in total. The molecule has 0 spiro atoms. The fraction of sp³-hybridized carbons (Fsp3) is 0.471. The second-order valence-corrected chi connectivity index (χ2v) is 5.70. The third kappa shape index (κ3) is 2.78. The Bertz CT molecular complexity index is 597. The van der Waals surface area contributed by atoms with Crippen molar-refractivity contribution in [3.8, 4) is 0 Å². The van der Waals surface area contributed by atoms with Crippen LogP contribution in [0.3, 0.4) is 0 Å². The van der Waals surface area contributed by atoms with Crippen LogP contribution in [0.4, 0.5) is 5.69 Å². The Hall–Kier alpha value is -1.61. The van der Waals surface area contributed by atoms with Gasteiger partial charge in [-0.05, 0) is 44.7 Å². The second-order valence-electron chi connectivity index (χ2n) is 5.70. The molecule has 1 N–H and O–H groups in total. The fourth-order valence-corrected chi connectivity index (χ4v) is 3.07. The van der Waals surface area contributed by atoms with Crippen LogP contribution in [0.15, 0.2) is 30.3 Å². The van der Waals surface area contributed by atoms with E-state index in [1.165, 1.54) is 24.6 Å². The van der Waals surface area contributed by atoms with Crippen molar-refractivity contribution >= 4 is 16.6 Å². The highest BCUT2D eigenvalue weighted by molar-refractivity contribution is 5.90. The molecule has 2 unspecified atom stereocenters. The van der Waals surface area contributed by atoms with Crippen molar-refractivity contribution in [2.45, 2.75) is 44.8 Å². The zero-order chi connectivity index (χ0) is 13.9. The first-order valence-electron chi connectivity index (χ1n) is 7.42. The Balaban J connectivity index is 1.85. The minimum atomic E-state index is 0.394. The highest BCUT2D eigenvalue weighted by Crippen LogP contribution is 2.27. The summed E-state index contributed by atoms with van der Waals surface area (Å²) in [6, 6.07) is 11.0. The fourth-order valence-electron chi connectivity index (χ4n) is 3.07. The van der Waals surface area contributed by atoms with E-state index >= 15 is 0 Å². The van der Waals surface area contributed by atoms with Crippen LogP contribution in [0.2, 0.25) is 0 Å². The number of fused-ring (bicyclic) bond motifs is 1. The Kier molecular flexibility index (Phi) is 3.88. The van der Waals surface area contributed by atoms with Crippen LogP contribution >= 0.6 is 0 Å². The maximum Gasteiger partial charge on any atom is 0.0936 e. The number of aryl methyl sites for hydroxylation is 1.